The number of nitrogens with one attached hydrogen (secondary N) is 1. The van der Waals surface area contributed by atoms with E-state index in [0.717, 1.165) is 26.8 Å². The number of amides is 1. The maximum Gasteiger partial charge on any atom is 0.230 e. The lowest BCUT2D eigenvalue weighted by atomic mass is 9.95. The Kier molecular flexibility index (Phi) is 5.27. The first-order valence-electron chi connectivity index (χ1n) is 7.97. The van der Waals surface area contributed by atoms with E-state index >= 15 is 0 Å². The van der Waals surface area contributed by atoms with Crippen LogP contribution in [-0.4, -0.2) is 15.9 Å². The van der Waals surface area contributed by atoms with Gasteiger partial charge in [-0.25, -0.2) is 9.97 Å². The van der Waals surface area contributed by atoms with Crippen molar-refractivity contribution in [3.63, 3.8) is 0 Å². The predicted molar refractivity (Wildman–Crippen MR) is 104 cm³/mol. The Bertz CT molecular complexity index is 872. The standard InChI is InChI=1S/C18H20N4OS2/c1-10(15(19)13-7-5-4-6-8-13)17(23)22-18-21-14(9-24-18)16-11(2)20-12(3)25-16/h4-10,15H,19H2,1-3H3,(H,21,22,23). The average Bonchev–Trinajstić information content (AvgIpc) is 3.20. The second-order valence-corrected chi connectivity index (χ2v) is 7.96. The number of rotatable bonds is 5. The number of nitrogens with two attached hydrogens (primary N) is 1. The highest BCUT2D eigenvalue weighted by Gasteiger charge is 2.23. The van der Waals surface area contributed by atoms with Crippen molar-refractivity contribution in [1.29, 1.82) is 0 Å². The van der Waals surface area contributed by atoms with Crippen molar-refractivity contribution in [3.8, 4) is 10.6 Å². The topological polar surface area (TPSA) is 80.9 Å². The Morgan fingerprint density at radius 3 is 2.56 bits per heavy atom. The summed E-state index contributed by atoms with van der Waals surface area (Å²) >= 11 is 3.02. The maximum atomic E-state index is 12.5. The van der Waals surface area contributed by atoms with Crippen LogP contribution >= 0.6 is 22.7 Å². The summed E-state index contributed by atoms with van der Waals surface area (Å²) in [7, 11) is 0. The van der Waals surface area contributed by atoms with E-state index in [1.807, 2.05) is 56.5 Å². The molecular weight excluding hydrogens is 352 g/mol. The molecule has 5 nitrogen and oxygen atoms in total. The molecule has 2 atom stereocenters. The minimum atomic E-state index is -0.359. The molecule has 2 aromatic heterocycles. The fourth-order valence-corrected chi connectivity index (χ4v) is 4.21. The molecule has 0 aliphatic carbocycles. The predicted octanol–water partition coefficient (Wildman–Crippen LogP) is 4.16. The smallest absolute Gasteiger partial charge is 0.230 e. The molecule has 25 heavy (non-hydrogen) atoms. The van der Waals surface area contributed by atoms with Gasteiger partial charge in [0.1, 0.15) is 0 Å². The van der Waals surface area contributed by atoms with Gasteiger partial charge in [-0.05, 0) is 19.4 Å². The fourth-order valence-electron chi connectivity index (χ4n) is 2.55. The molecule has 1 aromatic carbocycles. The van der Waals surface area contributed by atoms with Crippen LogP contribution in [0.15, 0.2) is 35.7 Å². The zero-order valence-electron chi connectivity index (χ0n) is 14.3. The Morgan fingerprint density at radius 1 is 1.20 bits per heavy atom. The molecule has 0 radical (unpaired) electrons. The van der Waals surface area contributed by atoms with Crippen LogP contribution in [0.1, 0.15) is 29.2 Å². The SMILES string of the molecule is Cc1nc(C)c(-c2csc(NC(=O)C(C)C(N)c3ccccc3)n2)s1. The van der Waals surface area contributed by atoms with Gasteiger partial charge in [0.15, 0.2) is 5.13 Å². The molecule has 0 aliphatic heterocycles. The summed E-state index contributed by atoms with van der Waals surface area (Å²) in [5.41, 5.74) is 8.99. The summed E-state index contributed by atoms with van der Waals surface area (Å²) in [5.74, 6) is -0.489. The van der Waals surface area contributed by atoms with Gasteiger partial charge in [0, 0.05) is 11.4 Å². The third-order valence-electron chi connectivity index (χ3n) is 4.01. The van der Waals surface area contributed by atoms with E-state index in [0.29, 0.717) is 5.13 Å². The van der Waals surface area contributed by atoms with Crippen LogP contribution in [-0.2, 0) is 4.79 Å². The molecule has 130 valence electrons. The number of anilines is 1. The summed E-state index contributed by atoms with van der Waals surface area (Å²) in [5, 5.41) is 6.41. The van der Waals surface area contributed by atoms with E-state index in [1.165, 1.54) is 11.3 Å². The van der Waals surface area contributed by atoms with Gasteiger partial charge in [0.2, 0.25) is 5.91 Å². The molecule has 2 heterocycles. The number of nitrogens with zero attached hydrogens (tertiary/aromatic N) is 2. The Morgan fingerprint density at radius 2 is 1.92 bits per heavy atom. The lowest BCUT2D eigenvalue weighted by Gasteiger charge is -2.19. The number of carbonyl (C=O) groups excluding carboxylic acids is 1. The maximum absolute atomic E-state index is 12.5. The van der Waals surface area contributed by atoms with Crippen LogP contribution in [0.5, 0.6) is 0 Å². The van der Waals surface area contributed by atoms with Gasteiger partial charge >= 0.3 is 0 Å². The Labute approximate surface area is 155 Å². The lowest BCUT2D eigenvalue weighted by Crippen LogP contribution is -2.30. The highest BCUT2D eigenvalue weighted by molar-refractivity contribution is 7.16. The average molecular weight is 373 g/mol. The van der Waals surface area contributed by atoms with Crippen molar-refractivity contribution in [2.45, 2.75) is 26.8 Å². The van der Waals surface area contributed by atoms with E-state index in [-0.39, 0.29) is 17.9 Å². The van der Waals surface area contributed by atoms with Crippen molar-refractivity contribution in [1.82, 2.24) is 9.97 Å². The Balaban J connectivity index is 1.70. The monoisotopic (exact) mass is 372 g/mol. The van der Waals surface area contributed by atoms with Gasteiger partial charge in [0.25, 0.3) is 0 Å². The second-order valence-electron chi connectivity index (χ2n) is 5.90. The molecule has 0 aliphatic rings. The van der Waals surface area contributed by atoms with Gasteiger partial charge < -0.3 is 11.1 Å². The number of benzene rings is 1. The number of hydrogen-bond acceptors (Lipinski definition) is 6. The van der Waals surface area contributed by atoms with E-state index in [9.17, 15) is 4.79 Å². The van der Waals surface area contributed by atoms with Crippen molar-refractivity contribution < 1.29 is 4.79 Å². The molecular formula is C18H20N4OS2. The number of thiazole rings is 2. The largest absolute Gasteiger partial charge is 0.323 e. The number of carbonyl (C=O) groups is 1. The van der Waals surface area contributed by atoms with Crippen LogP contribution in [0.4, 0.5) is 5.13 Å². The fraction of sp³-hybridized carbons (Fsp3) is 0.278. The molecule has 0 saturated carbocycles. The van der Waals surface area contributed by atoms with Gasteiger partial charge in [-0.1, -0.05) is 37.3 Å². The number of aromatic nitrogens is 2. The highest BCUT2D eigenvalue weighted by atomic mass is 32.1. The van der Waals surface area contributed by atoms with Crippen LogP contribution in [0.25, 0.3) is 10.6 Å². The first-order chi connectivity index (χ1) is 12.0. The van der Waals surface area contributed by atoms with Crippen LogP contribution in [0.3, 0.4) is 0 Å². The van der Waals surface area contributed by atoms with Crippen LogP contribution in [0, 0.1) is 19.8 Å². The van der Waals surface area contributed by atoms with Gasteiger partial charge in [-0.15, -0.1) is 22.7 Å². The minimum Gasteiger partial charge on any atom is -0.323 e. The van der Waals surface area contributed by atoms with Crippen molar-refractivity contribution >= 4 is 33.7 Å². The molecule has 0 bridgehead atoms. The molecule has 2 unspecified atom stereocenters. The highest BCUT2D eigenvalue weighted by Crippen LogP contribution is 2.32. The molecule has 3 N–H and O–H groups in total. The minimum absolute atomic E-state index is 0.130. The van der Waals surface area contributed by atoms with E-state index in [1.54, 1.807) is 11.3 Å². The van der Waals surface area contributed by atoms with Gasteiger partial charge in [-0.2, -0.15) is 0 Å². The molecule has 0 saturated heterocycles. The lowest BCUT2D eigenvalue weighted by molar-refractivity contribution is -0.120. The summed E-state index contributed by atoms with van der Waals surface area (Å²) in [4.78, 5) is 22.5. The summed E-state index contributed by atoms with van der Waals surface area (Å²) in [6.45, 7) is 5.78. The summed E-state index contributed by atoms with van der Waals surface area (Å²) < 4.78 is 0. The quantitative estimate of drug-likeness (QED) is 0.705. The van der Waals surface area contributed by atoms with Crippen LogP contribution in [0.2, 0.25) is 0 Å². The van der Waals surface area contributed by atoms with Crippen molar-refractivity contribution in [3.05, 3.63) is 52.0 Å². The molecule has 0 spiro atoms. The van der Waals surface area contributed by atoms with Crippen molar-refractivity contribution in [2.75, 3.05) is 5.32 Å². The van der Waals surface area contributed by atoms with Gasteiger partial charge in [0.05, 0.1) is 27.2 Å². The summed E-state index contributed by atoms with van der Waals surface area (Å²) in [6.07, 6.45) is 0. The molecule has 3 rings (SSSR count). The zero-order valence-corrected chi connectivity index (χ0v) is 15.9. The summed E-state index contributed by atoms with van der Waals surface area (Å²) in [6, 6.07) is 9.29. The van der Waals surface area contributed by atoms with Crippen molar-refractivity contribution in [2.24, 2.45) is 11.7 Å². The first kappa shape index (κ1) is 17.7. The third-order valence-corrected chi connectivity index (χ3v) is 5.86. The van der Waals surface area contributed by atoms with Crippen LogP contribution < -0.4 is 11.1 Å². The number of aryl methyl sites for hydroxylation is 2. The molecule has 7 heteroatoms. The normalized spacial score (nSPS) is 13.4. The number of hydrogen-bond donors (Lipinski definition) is 2. The van der Waals surface area contributed by atoms with Gasteiger partial charge in [-0.3, -0.25) is 4.79 Å². The third kappa shape index (κ3) is 3.95. The Hall–Kier alpha value is -2.09. The molecule has 0 fully saturated rings. The first-order valence-corrected chi connectivity index (χ1v) is 9.66. The second kappa shape index (κ2) is 7.43. The van der Waals surface area contributed by atoms with E-state index < -0.39 is 0 Å². The molecule has 3 aromatic rings. The van der Waals surface area contributed by atoms with E-state index in [4.69, 9.17) is 5.73 Å². The molecule has 1 amide bonds. The zero-order chi connectivity index (χ0) is 18.0. The van der Waals surface area contributed by atoms with E-state index in [2.05, 4.69) is 15.3 Å².